The van der Waals surface area contributed by atoms with Crippen molar-refractivity contribution >= 4 is 11.8 Å². The highest BCUT2D eigenvalue weighted by Crippen LogP contribution is 2.39. The molecule has 5 nitrogen and oxygen atoms in total. The van der Waals surface area contributed by atoms with Gasteiger partial charge >= 0.3 is 0 Å². The summed E-state index contributed by atoms with van der Waals surface area (Å²) in [5, 5.41) is 0. The van der Waals surface area contributed by atoms with Gasteiger partial charge in [0.1, 0.15) is 6.04 Å². The van der Waals surface area contributed by atoms with Crippen LogP contribution in [0.25, 0.3) is 0 Å². The van der Waals surface area contributed by atoms with Gasteiger partial charge in [0, 0.05) is 20.6 Å². The van der Waals surface area contributed by atoms with Crippen LogP contribution in [0.5, 0.6) is 0 Å². The van der Waals surface area contributed by atoms with Gasteiger partial charge in [0.2, 0.25) is 11.8 Å². The van der Waals surface area contributed by atoms with Crippen LogP contribution in [0.4, 0.5) is 0 Å². The van der Waals surface area contributed by atoms with Crippen LogP contribution < -0.4 is 5.73 Å². The van der Waals surface area contributed by atoms with Crippen LogP contribution in [0.1, 0.15) is 32.6 Å². The van der Waals surface area contributed by atoms with Gasteiger partial charge in [0.05, 0.1) is 5.54 Å². The molecule has 1 aliphatic heterocycles. The number of likely N-dealkylation sites (tertiary alicyclic amines) is 1. The fourth-order valence-corrected chi connectivity index (χ4v) is 2.73. The molecule has 0 aromatic rings. The van der Waals surface area contributed by atoms with E-state index in [1.165, 1.54) is 0 Å². The molecule has 2 N–H and O–H groups in total. The topological polar surface area (TPSA) is 66.6 Å². The average molecular weight is 253 g/mol. The Morgan fingerprint density at radius 3 is 2.39 bits per heavy atom. The Hall–Kier alpha value is -1.10. The van der Waals surface area contributed by atoms with E-state index in [4.69, 9.17) is 5.73 Å². The Balaban J connectivity index is 2.11. The second-order valence-corrected chi connectivity index (χ2v) is 5.95. The second-order valence-electron chi connectivity index (χ2n) is 5.95. The number of nitrogens with zero attached hydrogens (tertiary/aromatic N) is 2. The van der Waals surface area contributed by atoms with Gasteiger partial charge in [-0.1, -0.05) is 0 Å². The summed E-state index contributed by atoms with van der Waals surface area (Å²) in [6, 6.07) is -0.311. The number of likely N-dealkylation sites (N-methyl/N-ethyl adjacent to an activating group) is 1. The molecule has 1 saturated heterocycles. The molecule has 102 valence electrons. The van der Waals surface area contributed by atoms with Crippen molar-refractivity contribution in [2.75, 3.05) is 20.6 Å². The Kier molecular flexibility index (Phi) is 3.36. The van der Waals surface area contributed by atoms with Crippen molar-refractivity contribution in [1.29, 1.82) is 0 Å². The summed E-state index contributed by atoms with van der Waals surface area (Å²) in [5.41, 5.74) is 5.37. The molecule has 2 amide bonds. The highest BCUT2D eigenvalue weighted by atomic mass is 16.2. The van der Waals surface area contributed by atoms with Gasteiger partial charge in [-0.25, -0.2) is 0 Å². The van der Waals surface area contributed by atoms with E-state index in [-0.39, 0.29) is 17.9 Å². The summed E-state index contributed by atoms with van der Waals surface area (Å²) in [6.07, 6.45) is 3.69. The predicted molar refractivity (Wildman–Crippen MR) is 68.7 cm³/mol. The standard InChI is InChI=1S/C13H23N3O2/c1-13(14,9-6-7-9)12(18)16-8-4-5-10(16)11(17)15(2)3/h9-10H,4-8,14H2,1-3H3. The molecule has 2 aliphatic rings. The number of rotatable bonds is 3. The monoisotopic (exact) mass is 253 g/mol. The van der Waals surface area contributed by atoms with Gasteiger partial charge in [-0.05, 0) is 38.5 Å². The number of carbonyl (C=O) groups is 2. The van der Waals surface area contributed by atoms with E-state index in [9.17, 15) is 9.59 Å². The minimum absolute atomic E-state index is 0.00690. The average Bonchev–Trinajstić information content (AvgIpc) is 3.06. The van der Waals surface area contributed by atoms with Crippen molar-refractivity contribution in [2.24, 2.45) is 11.7 Å². The van der Waals surface area contributed by atoms with Crippen LogP contribution in [0, 0.1) is 5.92 Å². The lowest BCUT2D eigenvalue weighted by atomic mass is 9.95. The zero-order chi connectivity index (χ0) is 13.5. The maximum Gasteiger partial charge on any atom is 0.244 e. The van der Waals surface area contributed by atoms with Crippen molar-refractivity contribution in [1.82, 2.24) is 9.80 Å². The fourth-order valence-electron chi connectivity index (χ4n) is 2.73. The van der Waals surface area contributed by atoms with Crippen molar-refractivity contribution in [3.63, 3.8) is 0 Å². The molecular formula is C13H23N3O2. The highest BCUT2D eigenvalue weighted by molar-refractivity contribution is 5.92. The van der Waals surface area contributed by atoms with Gasteiger partial charge in [-0.2, -0.15) is 0 Å². The molecule has 0 bridgehead atoms. The molecule has 0 aromatic heterocycles. The molecule has 2 atom stereocenters. The van der Waals surface area contributed by atoms with E-state index in [2.05, 4.69) is 0 Å². The lowest BCUT2D eigenvalue weighted by Gasteiger charge is -2.33. The van der Waals surface area contributed by atoms with E-state index in [0.29, 0.717) is 12.5 Å². The summed E-state index contributed by atoms with van der Waals surface area (Å²) in [7, 11) is 3.46. The highest BCUT2D eigenvalue weighted by Gasteiger charge is 2.48. The third kappa shape index (κ3) is 2.23. The smallest absolute Gasteiger partial charge is 0.244 e. The SMILES string of the molecule is CN(C)C(=O)C1CCCN1C(=O)C(C)(N)C1CC1. The maximum absolute atomic E-state index is 12.5. The maximum atomic E-state index is 12.5. The summed E-state index contributed by atoms with van der Waals surface area (Å²) in [4.78, 5) is 27.8. The first-order chi connectivity index (χ1) is 8.35. The zero-order valence-electron chi connectivity index (χ0n) is 11.5. The molecule has 1 saturated carbocycles. The van der Waals surface area contributed by atoms with E-state index >= 15 is 0 Å². The number of hydrogen-bond acceptors (Lipinski definition) is 3. The van der Waals surface area contributed by atoms with Gasteiger partial charge < -0.3 is 15.5 Å². The van der Waals surface area contributed by atoms with Crippen LogP contribution in [0.2, 0.25) is 0 Å². The molecule has 1 aliphatic carbocycles. The number of amides is 2. The quantitative estimate of drug-likeness (QED) is 0.781. The zero-order valence-corrected chi connectivity index (χ0v) is 11.5. The Bertz CT molecular complexity index is 361. The van der Waals surface area contributed by atoms with Gasteiger partial charge in [-0.3, -0.25) is 9.59 Å². The Labute approximate surface area is 108 Å². The molecule has 2 unspecified atom stereocenters. The molecule has 18 heavy (non-hydrogen) atoms. The third-order valence-electron chi connectivity index (χ3n) is 4.13. The number of hydrogen-bond donors (Lipinski definition) is 1. The van der Waals surface area contributed by atoms with Crippen LogP contribution in [0.15, 0.2) is 0 Å². The van der Waals surface area contributed by atoms with Crippen molar-refractivity contribution in [2.45, 2.75) is 44.2 Å². The molecular weight excluding hydrogens is 230 g/mol. The lowest BCUT2D eigenvalue weighted by molar-refractivity contribution is -0.145. The van der Waals surface area contributed by atoms with Crippen LogP contribution in [0.3, 0.4) is 0 Å². The predicted octanol–water partition coefficient (Wildman–Crippen LogP) is 0.193. The molecule has 0 spiro atoms. The van der Waals surface area contributed by atoms with Crippen LogP contribution >= 0.6 is 0 Å². The molecule has 2 fully saturated rings. The number of carbonyl (C=O) groups excluding carboxylic acids is 2. The second kappa shape index (κ2) is 4.53. The molecule has 0 aromatic carbocycles. The van der Waals surface area contributed by atoms with Gasteiger partial charge in [0.25, 0.3) is 0 Å². The third-order valence-corrected chi connectivity index (χ3v) is 4.13. The molecule has 1 heterocycles. The minimum Gasteiger partial charge on any atom is -0.347 e. The minimum atomic E-state index is -0.796. The van der Waals surface area contributed by atoms with E-state index < -0.39 is 5.54 Å². The van der Waals surface area contributed by atoms with Crippen LogP contribution in [-0.4, -0.2) is 53.8 Å². The van der Waals surface area contributed by atoms with Crippen LogP contribution in [-0.2, 0) is 9.59 Å². The van der Waals surface area contributed by atoms with E-state index in [1.807, 2.05) is 6.92 Å². The summed E-state index contributed by atoms with van der Waals surface area (Å²) < 4.78 is 0. The Morgan fingerprint density at radius 1 is 1.28 bits per heavy atom. The van der Waals surface area contributed by atoms with Crippen molar-refractivity contribution in [3.05, 3.63) is 0 Å². The Morgan fingerprint density at radius 2 is 1.89 bits per heavy atom. The van der Waals surface area contributed by atoms with E-state index in [0.717, 1.165) is 25.7 Å². The molecule has 2 rings (SSSR count). The largest absolute Gasteiger partial charge is 0.347 e. The van der Waals surface area contributed by atoms with E-state index in [1.54, 1.807) is 23.9 Å². The summed E-state index contributed by atoms with van der Waals surface area (Å²) in [6.45, 7) is 2.46. The first kappa shape index (κ1) is 13.3. The molecule has 0 radical (unpaired) electrons. The normalized spacial score (nSPS) is 26.9. The van der Waals surface area contributed by atoms with Gasteiger partial charge in [0.15, 0.2) is 0 Å². The van der Waals surface area contributed by atoms with Crippen molar-refractivity contribution in [3.8, 4) is 0 Å². The molecule has 5 heteroatoms. The summed E-state index contributed by atoms with van der Waals surface area (Å²) in [5.74, 6) is 0.246. The summed E-state index contributed by atoms with van der Waals surface area (Å²) >= 11 is 0. The van der Waals surface area contributed by atoms with Crippen molar-refractivity contribution < 1.29 is 9.59 Å². The van der Waals surface area contributed by atoms with Gasteiger partial charge in [-0.15, -0.1) is 0 Å². The lowest BCUT2D eigenvalue weighted by Crippen LogP contribution is -2.58. The number of nitrogens with two attached hydrogens (primary N) is 1. The first-order valence-corrected chi connectivity index (χ1v) is 6.67. The first-order valence-electron chi connectivity index (χ1n) is 6.67. The fraction of sp³-hybridized carbons (Fsp3) is 0.846.